The van der Waals surface area contributed by atoms with E-state index in [1.54, 1.807) is 0 Å². The molecule has 0 aromatic rings. The Morgan fingerprint density at radius 1 is 1.40 bits per heavy atom. The van der Waals surface area contributed by atoms with E-state index < -0.39 is 17.9 Å². The lowest BCUT2D eigenvalue weighted by Gasteiger charge is -2.19. The van der Waals surface area contributed by atoms with Gasteiger partial charge < -0.3 is 14.2 Å². The fourth-order valence-electron chi connectivity index (χ4n) is 1.70. The number of hydrogen-bond donors (Lipinski definition) is 0. The lowest BCUT2D eigenvalue weighted by Crippen LogP contribution is -2.31. The van der Waals surface area contributed by atoms with Gasteiger partial charge in [-0.15, -0.1) is 0 Å². The van der Waals surface area contributed by atoms with Crippen LogP contribution in [0.15, 0.2) is 0 Å². The first-order valence-electron chi connectivity index (χ1n) is 4.95. The summed E-state index contributed by atoms with van der Waals surface area (Å²) in [5, 5.41) is 0. The Labute approximate surface area is 88.7 Å². The molecule has 5 heteroatoms. The molecular formula is C10H16O5. The average Bonchev–Trinajstić information content (AvgIpc) is 2.77. The third-order valence-corrected chi connectivity index (χ3v) is 2.53. The normalized spacial score (nSPS) is 22.1. The number of esters is 2. The first-order chi connectivity index (χ1) is 7.19. The summed E-state index contributed by atoms with van der Waals surface area (Å²) in [4.78, 5) is 22.6. The molecule has 1 rings (SSSR count). The van der Waals surface area contributed by atoms with Gasteiger partial charge in [-0.25, -0.2) is 0 Å². The number of methoxy groups -OCH3 is 2. The average molecular weight is 216 g/mol. The summed E-state index contributed by atoms with van der Waals surface area (Å²) in [5.74, 6) is -1.36. The van der Waals surface area contributed by atoms with Gasteiger partial charge in [-0.1, -0.05) is 0 Å². The molecule has 1 saturated heterocycles. The zero-order chi connectivity index (χ0) is 11.3. The van der Waals surface area contributed by atoms with Gasteiger partial charge in [-0.3, -0.25) is 9.59 Å². The zero-order valence-corrected chi connectivity index (χ0v) is 9.02. The van der Waals surface area contributed by atoms with E-state index >= 15 is 0 Å². The smallest absolute Gasteiger partial charge is 0.311 e. The summed E-state index contributed by atoms with van der Waals surface area (Å²) in [5.41, 5.74) is 0. The molecule has 1 aliphatic heterocycles. The van der Waals surface area contributed by atoms with Gasteiger partial charge in [0.05, 0.1) is 32.7 Å². The molecule has 1 fully saturated rings. The van der Waals surface area contributed by atoms with Crippen molar-refractivity contribution < 1.29 is 23.8 Å². The molecule has 2 unspecified atom stereocenters. The fraction of sp³-hybridized carbons (Fsp3) is 0.800. The van der Waals surface area contributed by atoms with Crippen molar-refractivity contribution in [2.45, 2.75) is 25.4 Å². The minimum absolute atomic E-state index is 0.0217. The van der Waals surface area contributed by atoms with Crippen molar-refractivity contribution in [3.63, 3.8) is 0 Å². The molecule has 15 heavy (non-hydrogen) atoms. The van der Waals surface area contributed by atoms with Crippen molar-refractivity contribution in [3.05, 3.63) is 0 Å². The lowest BCUT2D eigenvalue weighted by molar-refractivity contribution is -0.156. The zero-order valence-electron chi connectivity index (χ0n) is 9.02. The summed E-state index contributed by atoms with van der Waals surface area (Å²) in [6.07, 6.45) is 1.51. The van der Waals surface area contributed by atoms with Gasteiger partial charge in [0, 0.05) is 6.61 Å². The highest BCUT2D eigenvalue weighted by molar-refractivity contribution is 5.80. The molecule has 0 N–H and O–H groups in total. The molecule has 5 nitrogen and oxygen atoms in total. The molecule has 1 heterocycles. The van der Waals surface area contributed by atoms with Crippen molar-refractivity contribution >= 4 is 11.9 Å². The van der Waals surface area contributed by atoms with Crippen LogP contribution in [0.4, 0.5) is 0 Å². The monoisotopic (exact) mass is 216 g/mol. The summed E-state index contributed by atoms with van der Waals surface area (Å²) >= 11 is 0. The Hall–Kier alpha value is -1.10. The predicted octanol–water partition coefficient (Wildman–Crippen LogP) is 0.518. The second-order valence-corrected chi connectivity index (χ2v) is 3.46. The van der Waals surface area contributed by atoms with Crippen LogP contribution in [0.1, 0.15) is 19.3 Å². The molecule has 0 aromatic carbocycles. The Morgan fingerprint density at radius 3 is 2.60 bits per heavy atom. The van der Waals surface area contributed by atoms with Crippen molar-refractivity contribution in [2.24, 2.45) is 5.92 Å². The van der Waals surface area contributed by atoms with E-state index in [2.05, 4.69) is 9.47 Å². The number of hydrogen-bond acceptors (Lipinski definition) is 5. The minimum Gasteiger partial charge on any atom is -0.469 e. The van der Waals surface area contributed by atoms with Crippen LogP contribution in [-0.2, 0) is 23.8 Å². The molecule has 0 bridgehead atoms. The van der Waals surface area contributed by atoms with Crippen LogP contribution in [0, 0.1) is 5.92 Å². The summed E-state index contributed by atoms with van der Waals surface area (Å²) in [6.45, 7) is 0.638. The highest BCUT2D eigenvalue weighted by Crippen LogP contribution is 2.24. The molecule has 0 aromatic heterocycles. The minimum atomic E-state index is -0.537. The van der Waals surface area contributed by atoms with E-state index in [0.29, 0.717) is 6.61 Å². The van der Waals surface area contributed by atoms with E-state index in [9.17, 15) is 9.59 Å². The second kappa shape index (κ2) is 5.70. The van der Waals surface area contributed by atoms with E-state index in [0.717, 1.165) is 12.8 Å². The van der Waals surface area contributed by atoms with E-state index in [4.69, 9.17) is 4.74 Å². The highest BCUT2D eigenvalue weighted by Gasteiger charge is 2.34. The van der Waals surface area contributed by atoms with Crippen LogP contribution in [0.5, 0.6) is 0 Å². The van der Waals surface area contributed by atoms with Crippen LogP contribution < -0.4 is 0 Å². The quantitative estimate of drug-likeness (QED) is 0.641. The van der Waals surface area contributed by atoms with Crippen molar-refractivity contribution in [1.82, 2.24) is 0 Å². The Morgan fingerprint density at radius 2 is 2.13 bits per heavy atom. The van der Waals surface area contributed by atoms with Crippen LogP contribution in [0.2, 0.25) is 0 Å². The van der Waals surface area contributed by atoms with Gasteiger partial charge in [0.1, 0.15) is 0 Å². The molecule has 0 aliphatic carbocycles. The third-order valence-electron chi connectivity index (χ3n) is 2.53. The molecule has 0 amide bonds. The van der Waals surface area contributed by atoms with Crippen molar-refractivity contribution in [1.29, 1.82) is 0 Å². The van der Waals surface area contributed by atoms with Crippen LogP contribution in [0.25, 0.3) is 0 Å². The molecule has 86 valence electrons. The van der Waals surface area contributed by atoms with Crippen LogP contribution in [0.3, 0.4) is 0 Å². The standard InChI is InChI=1S/C10H16O5/c1-13-9(11)6-7(10(12)14-2)8-4-3-5-15-8/h7-8H,3-6H2,1-2H3. The summed E-state index contributed by atoms with van der Waals surface area (Å²) in [7, 11) is 2.60. The predicted molar refractivity (Wildman–Crippen MR) is 51.1 cm³/mol. The van der Waals surface area contributed by atoms with Crippen molar-refractivity contribution in [2.75, 3.05) is 20.8 Å². The first kappa shape index (κ1) is 12.0. The van der Waals surface area contributed by atoms with Crippen molar-refractivity contribution in [3.8, 4) is 0 Å². The molecular weight excluding hydrogens is 200 g/mol. The Bertz CT molecular complexity index is 232. The topological polar surface area (TPSA) is 61.8 Å². The van der Waals surface area contributed by atoms with Gasteiger partial charge in [0.15, 0.2) is 0 Å². The van der Waals surface area contributed by atoms with E-state index in [1.807, 2.05) is 0 Å². The number of carbonyl (C=O) groups excluding carboxylic acids is 2. The Balaban J connectivity index is 2.59. The van der Waals surface area contributed by atoms with Gasteiger partial charge in [-0.2, -0.15) is 0 Å². The van der Waals surface area contributed by atoms with Gasteiger partial charge in [-0.05, 0) is 12.8 Å². The number of rotatable bonds is 4. The van der Waals surface area contributed by atoms with Crippen LogP contribution >= 0.6 is 0 Å². The maximum atomic E-state index is 11.4. The third kappa shape index (κ3) is 3.20. The molecule has 0 radical (unpaired) electrons. The SMILES string of the molecule is COC(=O)CC(C(=O)OC)C1CCCO1. The maximum absolute atomic E-state index is 11.4. The summed E-state index contributed by atoms with van der Waals surface area (Å²) in [6, 6.07) is 0. The second-order valence-electron chi connectivity index (χ2n) is 3.46. The highest BCUT2D eigenvalue weighted by atomic mass is 16.5. The molecule has 1 aliphatic rings. The summed E-state index contributed by atoms with van der Waals surface area (Å²) < 4.78 is 14.6. The molecule has 0 spiro atoms. The number of ether oxygens (including phenoxy) is 3. The van der Waals surface area contributed by atoms with Gasteiger partial charge >= 0.3 is 11.9 Å². The van der Waals surface area contributed by atoms with Gasteiger partial charge in [0.2, 0.25) is 0 Å². The largest absolute Gasteiger partial charge is 0.469 e. The van der Waals surface area contributed by atoms with E-state index in [-0.39, 0.29) is 12.5 Å². The molecule has 0 saturated carbocycles. The maximum Gasteiger partial charge on any atom is 0.311 e. The first-order valence-corrected chi connectivity index (χ1v) is 4.95. The molecule has 2 atom stereocenters. The lowest BCUT2D eigenvalue weighted by atomic mass is 9.96. The Kier molecular flexibility index (Phi) is 4.55. The van der Waals surface area contributed by atoms with E-state index in [1.165, 1.54) is 14.2 Å². The fourth-order valence-corrected chi connectivity index (χ4v) is 1.70. The van der Waals surface area contributed by atoms with Crippen LogP contribution in [-0.4, -0.2) is 38.9 Å². The van der Waals surface area contributed by atoms with Gasteiger partial charge in [0.25, 0.3) is 0 Å². The number of carbonyl (C=O) groups is 2.